The lowest BCUT2D eigenvalue weighted by molar-refractivity contribution is 0.111. The number of benzene rings is 1. The molecule has 3 nitrogen and oxygen atoms in total. The molecule has 23 heavy (non-hydrogen) atoms. The highest BCUT2D eigenvalue weighted by Crippen LogP contribution is 2.60. The Morgan fingerprint density at radius 3 is 2.70 bits per heavy atom. The molecule has 1 aromatic heterocycles. The van der Waals surface area contributed by atoms with Crippen molar-refractivity contribution in [3.63, 3.8) is 0 Å². The molecule has 0 amide bonds. The van der Waals surface area contributed by atoms with Crippen LogP contribution in [0.4, 0.5) is 8.78 Å². The molecule has 1 aromatic carbocycles. The van der Waals surface area contributed by atoms with Crippen LogP contribution in [-0.2, 0) is 10.2 Å². The quantitative estimate of drug-likeness (QED) is 0.863. The molecule has 3 atom stereocenters. The predicted octanol–water partition coefficient (Wildman–Crippen LogP) is 3.83. The molecule has 1 fully saturated rings. The minimum atomic E-state index is -0.609. The number of fused-ring (bicyclic) bond motifs is 5. The molecule has 120 valence electrons. The highest BCUT2D eigenvalue weighted by molar-refractivity contribution is 5.62. The van der Waals surface area contributed by atoms with E-state index in [1.165, 1.54) is 18.2 Å². The number of rotatable bonds is 3. The zero-order valence-corrected chi connectivity index (χ0v) is 13.1. The lowest BCUT2D eigenvalue weighted by Gasteiger charge is -2.29. The summed E-state index contributed by atoms with van der Waals surface area (Å²) in [6.45, 7) is 2.82. The smallest absolute Gasteiger partial charge is 0.135 e. The molecule has 2 bridgehead atoms. The van der Waals surface area contributed by atoms with E-state index in [4.69, 9.17) is 4.74 Å². The number of hydrogen-bond acceptors (Lipinski definition) is 3. The SMILES string of the molecule is COCC12CCC(c3cc(-c4c(F)cccc4F)nnc31)C2C. The van der Waals surface area contributed by atoms with E-state index in [1.54, 1.807) is 7.11 Å². The van der Waals surface area contributed by atoms with Gasteiger partial charge in [-0.1, -0.05) is 13.0 Å². The summed E-state index contributed by atoms with van der Waals surface area (Å²) >= 11 is 0. The standard InChI is InChI=1S/C18H18F2N2O/c1-10-11-6-7-18(10,9-23-2)17-12(11)8-15(21-22-17)16-13(19)4-3-5-14(16)20/h3-5,8,10-11H,6-7,9H2,1-2H3. The Balaban J connectivity index is 1.86. The van der Waals surface area contributed by atoms with Crippen LogP contribution < -0.4 is 0 Å². The van der Waals surface area contributed by atoms with Gasteiger partial charge in [0.05, 0.1) is 23.6 Å². The van der Waals surface area contributed by atoms with E-state index in [0.29, 0.717) is 18.4 Å². The van der Waals surface area contributed by atoms with Gasteiger partial charge >= 0.3 is 0 Å². The van der Waals surface area contributed by atoms with Gasteiger partial charge in [0.25, 0.3) is 0 Å². The molecule has 4 rings (SSSR count). The Kier molecular flexibility index (Phi) is 3.23. The maximum absolute atomic E-state index is 14.0. The van der Waals surface area contributed by atoms with E-state index in [0.717, 1.165) is 24.1 Å². The van der Waals surface area contributed by atoms with E-state index >= 15 is 0 Å². The highest BCUT2D eigenvalue weighted by Gasteiger charge is 2.56. The fraction of sp³-hybridized carbons (Fsp3) is 0.444. The van der Waals surface area contributed by atoms with Crippen LogP contribution in [-0.4, -0.2) is 23.9 Å². The fourth-order valence-electron chi connectivity index (χ4n) is 4.50. The topological polar surface area (TPSA) is 35.0 Å². The van der Waals surface area contributed by atoms with Gasteiger partial charge in [-0.3, -0.25) is 0 Å². The average Bonchev–Trinajstić information content (AvgIpc) is 2.96. The molecule has 2 aromatic rings. The molecule has 3 unspecified atom stereocenters. The third-order valence-corrected chi connectivity index (χ3v) is 5.69. The molecule has 5 heteroatoms. The van der Waals surface area contributed by atoms with Crippen LogP contribution in [0.2, 0.25) is 0 Å². The Morgan fingerprint density at radius 1 is 1.26 bits per heavy atom. The number of aromatic nitrogens is 2. The molecular formula is C18H18F2N2O. The summed E-state index contributed by atoms with van der Waals surface area (Å²) in [7, 11) is 1.70. The molecule has 0 saturated heterocycles. The summed E-state index contributed by atoms with van der Waals surface area (Å²) in [4.78, 5) is 0. The van der Waals surface area contributed by atoms with Crippen molar-refractivity contribution in [2.75, 3.05) is 13.7 Å². The van der Waals surface area contributed by atoms with E-state index in [1.807, 2.05) is 6.07 Å². The van der Waals surface area contributed by atoms with Crippen molar-refractivity contribution in [2.45, 2.75) is 31.1 Å². The summed E-state index contributed by atoms with van der Waals surface area (Å²) in [5.74, 6) is -0.444. The van der Waals surface area contributed by atoms with Crippen LogP contribution >= 0.6 is 0 Å². The Morgan fingerprint density at radius 2 is 2.00 bits per heavy atom. The average molecular weight is 316 g/mol. The maximum atomic E-state index is 14.0. The van der Waals surface area contributed by atoms with Crippen LogP contribution in [0.15, 0.2) is 24.3 Å². The number of halogens is 2. The molecule has 1 saturated carbocycles. The molecule has 2 aliphatic carbocycles. The molecule has 0 spiro atoms. The van der Waals surface area contributed by atoms with Crippen LogP contribution in [0.25, 0.3) is 11.3 Å². The lowest BCUT2D eigenvalue weighted by atomic mass is 9.79. The number of ether oxygens (including phenoxy) is 1. The Bertz CT molecular complexity index is 759. The summed E-state index contributed by atoms with van der Waals surface area (Å²) in [5, 5.41) is 8.52. The van der Waals surface area contributed by atoms with Crippen molar-refractivity contribution in [3.05, 3.63) is 47.2 Å². The largest absolute Gasteiger partial charge is 0.384 e. The molecule has 1 heterocycles. The van der Waals surface area contributed by atoms with Crippen LogP contribution in [0.1, 0.15) is 36.9 Å². The normalized spacial score (nSPS) is 28.2. The number of nitrogens with zero attached hydrogens (tertiary/aromatic N) is 2. The minimum absolute atomic E-state index is 0.0981. The highest BCUT2D eigenvalue weighted by atomic mass is 19.1. The zero-order chi connectivity index (χ0) is 16.2. The monoisotopic (exact) mass is 316 g/mol. The summed E-state index contributed by atoms with van der Waals surface area (Å²) in [6.07, 6.45) is 2.09. The first kappa shape index (κ1) is 14.7. The first-order valence-corrected chi connectivity index (χ1v) is 7.90. The second-order valence-electron chi connectivity index (χ2n) is 6.65. The predicted molar refractivity (Wildman–Crippen MR) is 82.1 cm³/mol. The fourth-order valence-corrected chi connectivity index (χ4v) is 4.50. The van der Waals surface area contributed by atoms with E-state index in [9.17, 15) is 8.78 Å². The zero-order valence-electron chi connectivity index (χ0n) is 13.1. The van der Waals surface area contributed by atoms with Crippen LogP contribution in [0, 0.1) is 17.6 Å². The van der Waals surface area contributed by atoms with E-state index in [2.05, 4.69) is 17.1 Å². The lowest BCUT2D eigenvalue weighted by Crippen LogP contribution is -2.33. The number of methoxy groups -OCH3 is 1. The molecule has 0 radical (unpaired) electrons. The van der Waals surface area contributed by atoms with Gasteiger partial charge in [-0.05, 0) is 48.4 Å². The van der Waals surface area contributed by atoms with Gasteiger partial charge in [-0.25, -0.2) is 8.78 Å². The van der Waals surface area contributed by atoms with Gasteiger partial charge in [-0.2, -0.15) is 10.2 Å². The van der Waals surface area contributed by atoms with Crippen LogP contribution in [0.5, 0.6) is 0 Å². The number of hydrogen-bond donors (Lipinski definition) is 0. The molecule has 0 N–H and O–H groups in total. The van der Waals surface area contributed by atoms with Crippen molar-refractivity contribution < 1.29 is 13.5 Å². The van der Waals surface area contributed by atoms with Gasteiger partial charge in [-0.15, -0.1) is 0 Å². The third kappa shape index (κ3) is 1.89. The Hall–Kier alpha value is -1.88. The summed E-state index contributed by atoms with van der Waals surface area (Å²) < 4.78 is 33.5. The Labute approximate surface area is 133 Å². The van der Waals surface area contributed by atoms with Gasteiger partial charge in [0.15, 0.2) is 0 Å². The second kappa shape index (κ2) is 5.06. The van der Waals surface area contributed by atoms with Gasteiger partial charge in [0.2, 0.25) is 0 Å². The minimum Gasteiger partial charge on any atom is -0.384 e. The van der Waals surface area contributed by atoms with Crippen molar-refractivity contribution in [2.24, 2.45) is 5.92 Å². The van der Waals surface area contributed by atoms with Crippen molar-refractivity contribution in [1.29, 1.82) is 0 Å². The summed E-state index contributed by atoms with van der Waals surface area (Å²) in [5.41, 5.74) is 2.09. The van der Waals surface area contributed by atoms with Crippen molar-refractivity contribution in [1.82, 2.24) is 10.2 Å². The first-order chi connectivity index (χ1) is 11.1. The van der Waals surface area contributed by atoms with Gasteiger partial charge in [0, 0.05) is 12.5 Å². The summed E-state index contributed by atoms with van der Waals surface area (Å²) in [6, 6.07) is 5.66. The molecular weight excluding hydrogens is 298 g/mol. The second-order valence-corrected chi connectivity index (χ2v) is 6.65. The molecule has 0 aliphatic heterocycles. The van der Waals surface area contributed by atoms with Crippen molar-refractivity contribution >= 4 is 0 Å². The van der Waals surface area contributed by atoms with E-state index in [-0.39, 0.29) is 16.7 Å². The van der Waals surface area contributed by atoms with Gasteiger partial charge in [0.1, 0.15) is 11.6 Å². The van der Waals surface area contributed by atoms with Gasteiger partial charge < -0.3 is 4.74 Å². The van der Waals surface area contributed by atoms with E-state index < -0.39 is 11.6 Å². The first-order valence-electron chi connectivity index (χ1n) is 7.90. The van der Waals surface area contributed by atoms with Crippen LogP contribution in [0.3, 0.4) is 0 Å². The van der Waals surface area contributed by atoms with Crippen molar-refractivity contribution in [3.8, 4) is 11.3 Å². The maximum Gasteiger partial charge on any atom is 0.135 e. The third-order valence-electron chi connectivity index (χ3n) is 5.69. The molecule has 2 aliphatic rings.